The number of aliphatic hydroxyl groups excluding tert-OH is 1. The van der Waals surface area contributed by atoms with Crippen molar-refractivity contribution in [3.05, 3.63) is 11.6 Å². The number of hydrogen-bond donors (Lipinski definition) is 1. The fraction of sp³-hybridized carbons (Fsp3) is 0.842. The van der Waals surface area contributed by atoms with Crippen LogP contribution in [0.15, 0.2) is 11.6 Å². The fourth-order valence-corrected chi connectivity index (χ4v) is 5.16. The molecule has 2 nitrogen and oxygen atoms in total. The van der Waals surface area contributed by atoms with Gasteiger partial charge in [0.1, 0.15) is 0 Å². The van der Waals surface area contributed by atoms with Crippen LogP contribution in [0.2, 0.25) is 0 Å². The lowest BCUT2D eigenvalue weighted by atomic mass is 9.47. The van der Waals surface area contributed by atoms with Gasteiger partial charge in [-0.05, 0) is 79.5 Å². The zero-order valence-corrected chi connectivity index (χ0v) is 12.6. The molecule has 0 saturated heterocycles. The number of fused-ring (bicyclic) bond motifs is 5. The molecule has 0 aliphatic heterocycles. The molecule has 0 spiro atoms. The summed E-state index contributed by atoms with van der Waals surface area (Å²) >= 11 is 0. The van der Waals surface area contributed by atoms with E-state index >= 15 is 0 Å². The summed E-state index contributed by atoms with van der Waals surface area (Å²) in [6, 6.07) is 0. The quantitative estimate of drug-likeness (QED) is 0.737. The molecule has 21 heavy (non-hydrogen) atoms. The first-order valence-corrected chi connectivity index (χ1v) is 7.94. The zero-order chi connectivity index (χ0) is 22.0. The number of allylic oxidation sites excluding steroid dienone is 1. The molecule has 0 bridgehead atoms. The van der Waals surface area contributed by atoms with Crippen LogP contribution in [0.25, 0.3) is 0 Å². The molecular formula is C19H28O2. The minimum Gasteiger partial charge on any atom is -0.393 e. The SMILES string of the molecule is [3H]C1([3H])C2=CC(=O)C([3H])([3H])C([3H])([3H])[C@]2(C)[C@H]2CC[C@]3(C)[C@@H](O)CC[C@H]3[C@@H]2C1([3H])[3H]. The van der Waals surface area contributed by atoms with Crippen LogP contribution in [0.3, 0.4) is 0 Å². The summed E-state index contributed by atoms with van der Waals surface area (Å²) in [7, 11) is 0. The summed E-state index contributed by atoms with van der Waals surface area (Å²) in [4.78, 5) is 12.5. The number of carbonyl (C=O) groups is 1. The minimum atomic E-state index is -2.83. The molecule has 3 fully saturated rings. The topological polar surface area (TPSA) is 37.3 Å². The van der Waals surface area contributed by atoms with Crippen molar-refractivity contribution in [1.29, 1.82) is 0 Å². The number of rotatable bonds is 0. The van der Waals surface area contributed by atoms with Gasteiger partial charge < -0.3 is 5.11 Å². The molecule has 0 unspecified atom stereocenters. The van der Waals surface area contributed by atoms with Crippen LogP contribution >= 0.6 is 0 Å². The molecular weight excluding hydrogens is 260 g/mol. The van der Waals surface area contributed by atoms with Gasteiger partial charge in [-0.25, -0.2) is 0 Å². The van der Waals surface area contributed by atoms with Crippen LogP contribution in [0, 0.1) is 28.6 Å². The van der Waals surface area contributed by atoms with E-state index in [-0.39, 0.29) is 11.5 Å². The highest BCUT2D eigenvalue weighted by Gasteiger charge is 2.58. The van der Waals surface area contributed by atoms with E-state index in [1.54, 1.807) is 0 Å². The Balaban J connectivity index is 2.00. The van der Waals surface area contributed by atoms with E-state index in [4.69, 9.17) is 11.0 Å². The average Bonchev–Trinajstić information content (AvgIpc) is 2.90. The van der Waals surface area contributed by atoms with Crippen molar-refractivity contribution in [3.8, 4) is 0 Å². The van der Waals surface area contributed by atoms with Crippen molar-refractivity contribution >= 4 is 5.78 Å². The van der Waals surface area contributed by atoms with Crippen LogP contribution in [0.5, 0.6) is 0 Å². The second-order valence-corrected chi connectivity index (χ2v) is 7.52. The molecule has 0 radical (unpaired) electrons. The Morgan fingerprint density at radius 2 is 2.05 bits per heavy atom. The van der Waals surface area contributed by atoms with Gasteiger partial charge in [0, 0.05) is 17.3 Å². The third kappa shape index (κ3) is 1.78. The fourth-order valence-electron chi connectivity index (χ4n) is 5.16. The van der Waals surface area contributed by atoms with Crippen molar-refractivity contribution in [2.24, 2.45) is 28.6 Å². The van der Waals surface area contributed by atoms with Crippen molar-refractivity contribution in [1.82, 2.24) is 0 Å². The zero-order valence-electron chi connectivity index (χ0n) is 20.6. The molecule has 0 aromatic carbocycles. The molecule has 1 N–H and O–H groups in total. The summed E-state index contributed by atoms with van der Waals surface area (Å²) in [6.45, 7) is 3.38. The van der Waals surface area contributed by atoms with Crippen molar-refractivity contribution in [2.45, 2.75) is 71.1 Å². The number of ketones is 1. The molecule has 0 heterocycles. The van der Waals surface area contributed by atoms with Gasteiger partial charge >= 0.3 is 0 Å². The van der Waals surface area contributed by atoms with Crippen molar-refractivity contribution < 1.29 is 20.9 Å². The Kier molecular flexibility index (Phi) is 1.64. The maximum Gasteiger partial charge on any atom is 0.155 e. The van der Waals surface area contributed by atoms with E-state index in [0.717, 1.165) is 6.08 Å². The predicted molar refractivity (Wildman–Crippen MR) is 82.7 cm³/mol. The van der Waals surface area contributed by atoms with E-state index in [9.17, 15) is 9.90 Å². The van der Waals surface area contributed by atoms with Crippen LogP contribution in [0.1, 0.15) is 76.0 Å². The van der Waals surface area contributed by atoms with E-state index in [1.807, 2.05) is 6.92 Å². The smallest absolute Gasteiger partial charge is 0.155 e. The molecule has 4 rings (SSSR count). The largest absolute Gasteiger partial charge is 0.393 e. The molecule has 0 aromatic rings. The van der Waals surface area contributed by atoms with Gasteiger partial charge in [-0.3, -0.25) is 4.79 Å². The van der Waals surface area contributed by atoms with Crippen LogP contribution < -0.4 is 0 Å². The van der Waals surface area contributed by atoms with Crippen LogP contribution in [-0.2, 0) is 4.79 Å². The maximum atomic E-state index is 12.5. The first kappa shape index (κ1) is 7.77. The van der Waals surface area contributed by atoms with Crippen LogP contribution in [0.4, 0.5) is 0 Å². The monoisotopic (exact) mass is 304 g/mol. The number of hydrogen-bond acceptors (Lipinski definition) is 2. The van der Waals surface area contributed by atoms with E-state index in [0.29, 0.717) is 25.7 Å². The van der Waals surface area contributed by atoms with E-state index in [1.165, 1.54) is 6.92 Å². The van der Waals surface area contributed by atoms with Crippen LogP contribution in [-0.4, -0.2) is 17.0 Å². The summed E-state index contributed by atoms with van der Waals surface area (Å²) in [6.07, 6.45) is -8.40. The van der Waals surface area contributed by atoms with E-state index in [2.05, 4.69) is 0 Å². The average molecular weight is 304 g/mol. The first-order valence-electron chi connectivity index (χ1n) is 11.9. The number of aliphatic hydroxyl groups is 1. The molecule has 3 saturated carbocycles. The molecule has 116 valence electrons. The summed E-state index contributed by atoms with van der Waals surface area (Å²) in [5.41, 5.74) is -2.50. The summed E-state index contributed by atoms with van der Waals surface area (Å²) < 4.78 is 68.7. The first-order chi connectivity index (χ1) is 13.0. The lowest BCUT2D eigenvalue weighted by Gasteiger charge is -2.57. The minimum absolute atomic E-state index is 0.261. The highest BCUT2D eigenvalue weighted by Crippen LogP contribution is 2.65. The number of carbonyl (C=O) groups excluding carboxylic acids is 1. The molecule has 4 aliphatic carbocycles. The van der Waals surface area contributed by atoms with Crippen molar-refractivity contribution in [2.75, 3.05) is 0 Å². The Morgan fingerprint density at radius 3 is 2.86 bits per heavy atom. The molecule has 6 atom stereocenters. The lowest BCUT2D eigenvalue weighted by molar-refractivity contribution is -0.118. The third-order valence-electron chi connectivity index (χ3n) is 6.62. The summed E-state index contributed by atoms with van der Waals surface area (Å²) in [5.74, 6) is -3.03. The Morgan fingerprint density at radius 1 is 1.24 bits per heavy atom. The molecule has 0 aromatic heterocycles. The van der Waals surface area contributed by atoms with E-state index < -0.39 is 60.0 Å². The summed E-state index contributed by atoms with van der Waals surface area (Å²) in [5, 5.41) is 10.6. The highest BCUT2D eigenvalue weighted by molar-refractivity contribution is 5.91. The third-order valence-corrected chi connectivity index (χ3v) is 6.62. The second-order valence-electron chi connectivity index (χ2n) is 7.52. The van der Waals surface area contributed by atoms with Gasteiger partial charge in [0.05, 0.1) is 6.10 Å². The Hall–Kier alpha value is -0.630. The van der Waals surface area contributed by atoms with Gasteiger partial charge in [0.2, 0.25) is 0 Å². The van der Waals surface area contributed by atoms with Gasteiger partial charge in [-0.1, -0.05) is 19.4 Å². The lowest BCUT2D eigenvalue weighted by Crippen LogP contribution is -2.51. The van der Waals surface area contributed by atoms with Crippen molar-refractivity contribution in [3.63, 3.8) is 0 Å². The van der Waals surface area contributed by atoms with Gasteiger partial charge in [0.25, 0.3) is 0 Å². The highest BCUT2D eigenvalue weighted by atomic mass is 16.3. The van der Waals surface area contributed by atoms with Gasteiger partial charge in [-0.15, -0.1) is 0 Å². The molecule has 4 aliphatic rings. The second kappa shape index (κ2) is 4.44. The molecule has 2 heteroatoms. The standard InChI is InChI=1S/C19H28O2/c1-18-9-7-13(20)11-12(18)3-4-14-15-5-6-17(21)19(15,2)10-8-16(14)18/h11,14-17,21H,3-10H2,1-2H3/t14-,15-,16-,17-,18-,19-/m0/s1/i3T2,4T2,7T2,9T2. The predicted octanol–water partition coefficient (Wildman–Crippen LogP) is 3.88. The maximum absolute atomic E-state index is 12.5. The molecule has 0 amide bonds. The normalized spacial score (nSPS) is 68.0. The van der Waals surface area contributed by atoms with Gasteiger partial charge in [-0.2, -0.15) is 0 Å². The Bertz CT molecular complexity index is 806. The Labute approximate surface area is 139 Å². The van der Waals surface area contributed by atoms with Gasteiger partial charge in [0.15, 0.2) is 5.78 Å².